The SMILES string of the molecule is Fc1ccc(C2NCCc3cc4c(cc32)OCO4)cc1F. The van der Waals surface area contributed by atoms with Crippen molar-refractivity contribution in [2.75, 3.05) is 13.3 Å². The van der Waals surface area contributed by atoms with Crippen LogP contribution < -0.4 is 14.8 Å². The Labute approximate surface area is 120 Å². The molecule has 0 saturated heterocycles. The molecule has 2 aliphatic heterocycles. The van der Waals surface area contributed by atoms with Gasteiger partial charge in [-0.15, -0.1) is 0 Å². The van der Waals surface area contributed by atoms with Crippen molar-refractivity contribution in [3.63, 3.8) is 0 Å². The molecule has 1 unspecified atom stereocenters. The molecule has 1 N–H and O–H groups in total. The third kappa shape index (κ3) is 2.05. The van der Waals surface area contributed by atoms with Gasteiger partial charge in [0.1, 0.15) is 0 Å². The van der Waals surface area contributed by atoms with Gasteiger partial charge in [0.25, 0.3) is 0 Å². The van der Waals surface area contributed by atoms with Crippen molar-refractivity contribution in [3.8, 4) is 11.5 Å². The maximum atomic E-state index is 13.5. The van der Waals surface area contributed by atoms with Crippen LogP contribution in [-0.4, -0.2) is 13.3 Å². The Hall–Kier alpha value is -2.14. The van der Waals surface area contributed by atoms with Crippen LogP contribution in [0, 0.1) is 11.6 Å². The molecule has 0 spiro atoms. The van der Waals surface area contributed by atoms with Crippen LogP contribution in [0.4, 0.5) is 8.78 Å². The Kier molecular flexibility index (Phi) is 2.82. The highest BCUT2D eigenvalue weighted by atomic mass is 19.2. The van der Waals surface area contributed by atoms with Crippen LogP contribution in [0.5, 0.6) is 11.5 Å². The first-order chi connectivity index (χ1) is 10.2. The molecule has 0 amide bonds. The highest BCUT2D eigenvalue weighted by molar-refractivity contribution is 5.52. The largest absolute Gasteiger partial charge is 0.454 e. The van der Waals surface area contributed by atoms with Gasteiger partial charge in [0.2, 0.25) is 6.79 Å². The first-order valence-corrected chi connectivity index (χ1v) is 6.83. The van der Waals surface area contributed by atoms with Gasteiger partial charge in [0, 0.05) is 6.54 Å². The first kappa shape index (κ1) is 12.6. The summed E-state index contributed by atoms with van der Waals surface area (Å²) in [6.45, 7) is 0.998. The minimum Gasteiger partial charge on any atom is -0.454 e. The van der Waals surface area contributed by atoms with Gasteiger partial charge in [-0.1, -0.05) is 6.07 Å². The summed E-state index contributed by atoms with van der Waals surface area (Å²) in [6, 6.07) is 7.75. The quantitative estimate of drug-likeness (QED) is 0.875. The number of halogens is 2. The first-order valence-electron chi connectivity index (χ1n) is 6.83. The number of ether oxygens (including phenoxy) is 2. The van der Waals surface area contributed by atoms with Crippen LogP contribution in [0.15, 0.2) is 30.3 Å². The number of nitrogens with one attached hydrogen (secondary N) is 1. The van der Waals surface area contributed by atoms with Gasteiger partial charge in [0.15, 0.2) is 23.1 Å². The van der Waals surface area contributed by atoms with Gasteiger partial charge >= 0.3 is 0 Å². The lowest BCUT2D eigenvalue weighted by Gasteiger charge is -2.27. The average Bonchev–Trinajstić information content (AvgIpc) is 2.94. The van der Waals surface area contributed by atoms with Crippen LogP contribution in [0.2, 0.25) is 0 Å². The van der Waals surface area contributed by atoms with E-state index in [0.717, 1.165) is 35.9 Å². The molecule has 2 heterocycles. The van der Waals surface area contributed by atoms with Gasteiger partial charge in [-0.2, -0.15) is 0 Å². The Morgan fingerprint density at radius 2 is 1.81 bits per heavy atom. The maximum absolute atomic E-state index is 13.5. The van der Waals surface area contributed by atoms with Crippen molar-refractivity contribution in [3.05, 3.63) is 58.7 Å². The Bertz CT molecular complexity index is 718. The number of rotatable bonds is 1. The minimum atomic E-state index is -0.833. The smallest absolute Gasteiger partial charge is 0.231 e. The zero-order chi connectivity index (χ0) is 14.4. The second-order valence-corrected chi connectivity index (χ2v) is 5.21. The van der Waals surface area contributed by atoms with E-state index in [1.54, 1.807) is 6.07 Å². The van der Waals surface area contributed by atoms with Gasteiger partial charge in [0.05, 0.1) is 6.04 Å². The van der Waals surface area contributed by atoms with Crippen molar-refractivity contribution in [2.45, 2.75) is 12.5 Å². The van der Waals surface area contributed by atoms with Crippen LogP contribution in [-0.2, 0) is 6.42 Å². The average molecular weight is 289 g/mol. The molecule has 5 heteroatoms. The van der Waals surface area contributed by atoms with E-state index in [0.29, 0.717) is 11.3 Å². The van der Waals surface area contributed by atoms with Crippen molar-refractivity contribution < 1.29 is 18.3 Å². The van der Waals surface area contributed by atoms with Gasteiger partial charge in [-0.3, -0.25) is 0 Å². The van der Waals surface area contributed by atoms with E-state index in [1.165, 1.54) is 6.07 Å². The summed E-state index contributed by atoms with van der Waals surface area (Å²) in [7, 11) is 0. The topological polar surface area (TPSA) is 30.5 Å². The Balaban J connectivity index is 1.80. The molecule has 4 rings (SSSR count). The molecular formula is C16H13F2NO2. The van der Waals surface area contributed by atoms with Gasteiger partial charge in [-0.05, 0) is 47.4 Å². The zero-order valence-electron chi connectivity index (χ0n) is 11.2. The van der Waals surface area contributed by atoms with E-state index in [2.05, 4.69) is 5.32 Å². The van der Waals surface area contributed by atoms with E-state index in [-0.39, 0.29) is 12.8 Å². The van der Waals surface area contributed by atoms with Crippen molar-refractivity contribution in [2.24, 2.45) is 0 Å². The molecule has 0 aliphatic carbocycles. The van der Waals surface area contributed by atoms with E-state index in [1.807, 2.05) is 12.1 Å². The fourth-order valence-corrected chi connectivity index (χ4v) is 2.94. The molecule has 0 radical (unpaired) electrons. The zero-order valence-corrected chi connectivity index (χ0v) is 11.2. The summed E-state index contributed by atoms with van der Waals surface area (Å²) in [6.07, 6.45) is 0.867. The minimum absolute atomic E-state index is 0.168. The Morgan fingerprint density at radius 3 is 2.62 bits per heavy atom. The molecule has 0 bridgehead atoms. The molecule has 0 aromatic heterocycles. The monoisotopic (exact) mass is 289 g/mol. The lowest BCUT2D eigenvalue weighted by molar-refractivity contribution is 0.174. The second kappa shape index (κ2) is 4.70. The molecule has 0 fully saturated rings. The second-order valence-electron chi connectivity index (χ2n) is 5.21. The molecule has 2 aliphatic rings. The van der Waals surface area contributed by atoms with Crippen molar-refractivity contribution in [1.82, 2.24) is 5.32 Å². The third-order valence-electron chi connectivity index (χ3n) is 3.97. The molecule has 3 nitrogen and oxygen atoms in total. The summed E-state index contributed by atoms with van der Waals surface area (Å²) in [4.78, 5) is 0. The number of hydrogen-bond acceptors (Lipinski definition) is 3. The summed E-state index contributed by atoms with van der Waals surface area (Å²) in [5, 5.41) is 3.34. The standard InChI is InChI=1S/C16H13F2NO2/c17-12-2-1-10(5-13(12)18)16-11-7-15-14(20-8-21-15)6-9(11)3-4-19-16/h1-2,5-7,16,19H,3-4,8H2. The van der Waals surface area contributed by atoms with E-state index in [9.17, 15) is 8.78 Å². The van der Waals surface area contributed by atoms with E-state index >= 15 is 0 Å². The molecule has 2 aromatic carbocycles. The van der Waals surface area contributed by atoms with Crippen molar-refractivity contribution in [1.29, 1.82) is 0 Å². The van der Waals surface area contributed by atoms with Crippen LogP contribution in [0.25, 0.3) is 0 Å². The fraction of sp³-hybridized carbons (Fsp3) is 0.250. The predicted molar refractivity (Wildman–Crippen MR) is 72.5 cm³/mol. The number of hydrogen-bond donors (Lipinski definition) is 1. The summed E-state index contributed by atoms with van der Waals surface area (Å²) >= 11 is 0. The normalized spacial score (nSPS) is 19.4. The molecular weight excluding hydrogens is 276 g/mol. The van der Waals surface area contributed by atoms with Crippen LogP contribution in [0.3, 0.4) is 0 Å². The third-order valence-corrected chi connectivity index (χ3v) is 3.97. The summed E-state index contributed by atoms with van der Waals surface area (Å²) in [5.74, 6) is -0.215. The number of fused-ring (bicyclic) bond motifs is 2. The maximum Gasteiger partial charge on any atom is 0.231 e. The molecule has 108 valence electrons. The van der Waals surface area contributed by atoms with Gasteiger partial charge < -0.3 is 14.8 Å². The summed E-state index contributed by atoms with van der Waals surface area (Å²) < 4.78 is 37.4. The molecule has 21 heavy (non-hydrogen) atoms. The number of benzene rings is 2. The lowest BCUT2D eigenvalue weighted by Crippen LogP contribution is -2.30. The van der Waals surface area contributed by atoms with Gasteiger partial charge in [-0.25, -0.2) is 8.78 Å². The lowest BCUT2D eigenvalue weighted by atomic mass is 9.89. The van der Waals surface area contributed by atoms with E-state index < -0.39 is 11.6 Å². The molecule has 2 aromatic rings. The van der Waals surface area contributed by atoms with Crippen LogP contribution in [0.1, 0.15) is 22.7 Å². The van der Waals surface area contributed by atoms with Crippen LogP contribution >= 0.6 is 0 Å². The predicted octanol–water partition coefficient (Wildman–Crippen LogP) is 2.93. The summed E-state index contributed by atoms with van der Waals surface area (Å²) in [5.41, 5.74) is 2.87. The molecule has 1 atom stereocenters. The highest BCUT2D eigenvalue weighted by Gasteiger charge is 2.26. The van der Waals surface area contributed by atoms with Crippen molar-refractivity contribution >= 4 is 0 Å². The highest BCUT2D eigenvalue weighted by Crippen LogP contribution is 2.39. The molecule has 0 saturated carbocycles. The van der Waals surface area contributed by atoms with E-state index in [4.69, 9.17) is 9.47 Å². The fourth-order valence-electron chi connectivity index (χ4n) is 2.94. The Morgan fingerprint density at radius 1 is 1.00 bits per heavy atom.